The van der Waals surface area contributed by atoms with E-state index in [9.17, 15) is 4.79 Å². The lowest BCUT2D eigenvalue weighted by Gasteiger charge is -2.32. The average Bonchev–Trinajstić information content (AvgIpc) is 3.18. The Hall–Kier alpha value is -1.66. The molecule has 2 aromatic heterocycles. The van der Waals surface area contributed by atoms with Gasteiger partial charge in [-0.05, 0) is 36.8 Å². The van der Waals surface area contributed by atoms with Crippen molar-refractivity contribution in [2.24, 2.45) is 5.92 Å². The van der Waals surface area contributed by atoms with Gasteiger partial charge in [0.05, 0.1) is 0 Å². The number of nitrogens with zero attached hydrogens (tertiary/aromatic N) is 2. The van der Waals surface area contributed by atoms with Crippen LogP contribution in [0, 0.1) is 5.92 Å². The van der Waals surface area contributed by atoms with E-state index in [1.807, 2.05) is 0 Å². The summed E-state index contributed by atoms with van der Waals surface area (Å²) in [5, 5.41) is 8.72. The number of nitrogens with one attached hydrogen (secondary N) is 1. The van der Waals surface area contributed by atoms with Crippen molar-refractivity contribution in [3.05, 3.63) is 40.4 Å². The molecule has 0 unspecified atom stereocenters. The Bertz CT molecular complexity index is 554. The Kier molecular flexibility index (Phi) is 4.67. The molecule has 3 heterocycles. The lowest BCUT2D eigenvalue weighted by molar-refractivity contribution is 0.0922. The molecular formula is C15H19N3O2S. The minimum Gasteiger partial charge on any atom is -0.364 e. The van der Waals surface area contributed by atoms with Crippen LogP contribution in [-0.2, 0) is 6.54 Å². The number of rotatable bonds is 5. The summed E-state index contributed by atoms with van der Waals surface area (Å²) in [6.45, 7) is 3.90. The van der Waals surface area contributed by atoms with Crippen LogP contribution in [0.3, 0.4) is 0 Å². The van der Waals surface area contributed by atoms with Gasteiger partial charge in [0.1, 0.15) is 6.26 Å². The first-order valence-electron chi connectivity index (χ1n) is 7.24. The van der Waals surface area contributed by atoms with E-state index in [4.69, 9.17) is 0 Å². The summed E-state index contributed by atoms with van der Waals surface area (Å²) in [4.78, 5) is 15.7. The van der Waals surface area contributed by atoms with Gasteiger partial charge in [0.2, 0.25) is 0 Å². The Morgan fingerprint density at radius 1 is 1.52 bits per heavy atom. The predicted octanol–water partition coefficient (Wildman–Crippen LogP) is 2.38. The third-order valence-electron chi connectivity index (χ3n) is 3.78. The van der Waals surface area contributed by atoms with E-state index in [0.717, 1.165) is 19.6 Å². The number of amides is 1. The smallest absolute Gasteiger partial charge is 0.273 e. The second-order valence-electron chi connectivity index (χ2n) is 5.42. The molecule has 0 radical (unpaired) electrons. The maximum absolute atomic E-state index is 11.8. The number of carbonyl (C=O) groups is 1. The minimum atomic E-state index is -0.154. The zero-order valence-electron chi connectivity index (χ0n) is 11.8. The number of hydrogen-bond donors (Lipinski definition) is 1. The molecule has 0 aliphatic carbocycles. The monoisotopic (exact) mass is 305 g/mol. The van der Waals surface area contributed by atoms with Crippen molar-refractivity contribution in [3.63, 3.8) is 0 Å². The fourth-order valence-corrected chi connectivity index (χ4v) is 3.49. The lowest BCUT2D eigenvalue weighted by Crippen LogP contribution is -2.40. The van der Waals surface area contributed by atoms with Crippen LogP contribution in [0.1, 0.15) is 28.2 Å². The van der Waals surface area contributed by atoms with E-state index in [1.165, 1.54) is 24.0 Å². The molecule has 1 aliphatic rings. The van der Waals surface area contributed by atoms with Crippen LogP contribution in [0.15, 0.2) is 34.4 Å². The van der Waals surface area contributed by atoms with E-state index >= 15 is 0 Å². The van der Waals surface area contributed by atoms with Gasteiger partial charge in [-0.25, -0.2) is 0 Å². The molecule has 1 aliphatic heterocycles. The third-order valence-corrected chi connectivity index (χ3v) is 4.65. The van der Waals surface area contributed by atoms with Crippen LogP contribution >= 0.6 is 11.3 Å². The molecule has 0 bridgehead atoms. The quantitative estimate of drug-likeness (QED) is 0.921. The number of aromatic nitrogens is 1. The fourth-order valence-electron chi connectivity index (χ4n) is 2.74. The molecular weight excluding hydrogens is 286 g/mol. The van der Waals surface area contributed by atoms with Crippen LogP contribution in [0.5, 0.6) is 0 Å². The van der Waals surface area contributed by atoms with Gasteiger partial charge >= 0.3 is 0 Å². The van der Waals surface area contributed by atoms with Gasteiger partial charge in [0, 0.05) is 30.6 Å². The van der Waals surface area contributed by atoms with Crippen molar-refractivity contribution in [2.45, 2.75) is 19.4 Å². The third kappa shape index (κ3) is 3.92. The first kappa shape index (κ1) is 14.3. The van der Waals surface area contributed by atoms with E-state index in [-0.39, 0.29) is 5.91 Å². The second kappa shape index (κ2) is 6.87. The SMILES string of the molecule is O=C(NC[C@H]1CCCN(Cc2cccs2)C1)c1ccon1. The van der Waals surface area contributed by atoms with Crippen molar-refractivity contribution in [1.29, 1.82) is 0 Å². The first-order valence-corrected chi connectivity index (χ1v) is 8.12. The number of piperidine rings is 1. The standard InChI is InChI=1S/C15H19N3O2S/c19-15(14-5-7-20-17-14)16-9-12-3-1-6-18(10-12)11-13-4-2-8-21-13/h2,4-5,7-8,12H,1,3,6,9-11H2,(H,16,19)/t12-/m1/s1. The van der Waals surface area contributed by atoms with Gasteiger partial charge in [0.25, 0.3) is 5.91 Å². The van der Waals surface area contributed by atoms with Crippen molar-refractivity contribution >= 4 is 17.2 Å². The lowest BCUT2D eigenvalue weighted by atomic mass is 9.98. The normalized spacial score (nSPS) is 19.5. The number of likely N-dealkylation sites (tertiary alicyclic amines) is 1. The Balaban J connectivity index is 1.46. The largest absolute Gasteiger partial charge is 0.364 e. The van der Waals surface area contributed by atoms with E-state index in [0.29, 0.717) is 18.2 Å². The van der Waals surface area contributed by atoms with Crippen LogP contribution in [-0.4, -0.2) is 35.6 Å². The van der Waals surface area contributed by atoms with Crippen molar-refractivity contribution in [1.82, 2.24) is 15.4 Å². The van der Waals surface area contributed by atoms with Crippen molar-refractivity contribution in [2.75, 3.05) is 19.6 Å². The van der Waals surface area contributed by atoms with Crippen molar-refractivity contribution in [3.8, 4) is 0 Å². The Morgan fingerprint density at radius 3 is 3.24 bits per heavy atom. The van der Waals surface area contributed by atoms with E-state index in [2.05, 4.69) is 37.4 Å². The van der Waals surface area contributed by atoms with E-state index in [1.54, 1.807) is 17.4 Å². The van der Waals surface area contributed by atoms with Gasteiger partial charge < -0.3 is 9.84 Å². The summed E-state index contributed by atoms with van der Waals surface area (Å²) < 4.78 is 4.69. The Morgan fingerprint density at radius 2 is 2.48 bits per heavy atom. The van der Waals surface area contributed by atoms with Gasteiger partial charge in [-0.15, -0.1) is 11.3 Å². The molecule has 1 saturated heterocycles. The number of hydrogen-bond acceptors (Lipinski definition) is 5. The highest BCUT2D eigenvalue weighted by atomic mass is 32.1. The molecule has 5 nitrogen and oxygen atoms in total. The molecule has 0 aromatic carbocycles. The molecule has 1 amide bonds. The topological polar surface area (TPSA) is 58.4 Å². The molecule has 1 N–H and O–H groups in total. The van der Waals surface area contributed by atoms with Gasteiger partial charge in [-0.3, -0.25) is 9.69 Å². The zero-order valence-corrected chi connectivity index (χ0v) is 12.6. The molecule has 112 valence electrons. The number of thiophene rings is 1. The summed E-state index contributed by atoms with van der Waals surface area (Å²) in [5.41, 5.74) is 0.348. The van der Waals surface area contributed by atoms with Gasteiger partial charge in [-0.1, -0.05) is 11.2 Å². The zero-order chi connectivity index (χ0) is 14.5. The van der Waals surface area contributed by atoms with Crippen molar-refractivity contribution < 1.29 is 9.32 Å². The minimum absolute atomic E-state index is 0.154. The molecule has 3 rings (SSSR count). The van der Waals surface area contributed by atoms with Crippen LogP contribution < -0.4 is 5.32 Å². The summed E-state index contributed by atoms with van der Waals surface area (Å²) in [6.07, 6.45) is 3.77. The van der Waals surface area contributed by atoms with Crippen LogP contribution in [0.2, 0.25) is 0 Å². The first-order chi connectivity index (χ1) is 10.3. The molecule has 0 spiro atoms. The van der Waals surface area contributed by atoms with Gasteiger partial charge in [0.15, 0.2) is 5.69 Å². The van der Waals surface area contributed by atoms with E-state index < -0.39 is 0 Å². The summed E-state index contributed by atoms with van der Waals surface area (Å²) in [7, 11) is 0. The highest BCUT2D eigenvalue weighted by Crippen LogP contribution is 2.20. The number of carbonyl (C=O) groups excluding carboxylic acids is 1. The maximum Gasteiger partial charge on any atom is 0.273 e. The fraction of sp³-hybridized carbons (Fsp3) is 0.467. The molecule has 2 aromatic rings. The van der Waals surface area contributed by atoms with Gasteiger partial charge in [-0.2, -0.15) is 0 Å². The molecule has 1 fully saturated rings. The average molecular weight is 305 g/mol. The Labute approximate surface area is 127 Å². The second-order valence-corrected chi connectivity index (χ2v) is 6.45. The molecule has 6 heteroatoms. The summed E-state index contributed by atoms with van der Waals surface area (Å²) >= 11 is 1.80. The van der Waals surface area contributed by atoms with Crippen LogP contribution in [0.4, 0.5) is 0 Å². The molecule has 1 atom stereocenters. The predicted molar refractivity (Wildman–Crippen MR) is 81.2 cm³/mol. The molecule has 21 heavy (non-hydrogen) atoms. The van der Waals surface area contributed by atoms with Crippen LogP contribution in [0.25, 0.3) is 0 Å². The summed E-state index contributed by atoms with van der Waals surface area (Å²) in [5.74, 6) is 0.355. The highest BCUT2D eigenvalue weighted by molar-refractivity contribution is 7.09. The summed E-state index contributed by atoms with van der Waals surface area (Å²) in [6, 6.07) is 5.86. The highest BCUT2D eigenvalue weighted by Gasteiger charge is 2.21. The molecule has 0 saturated carbocycles. The maximum atomic E-state index is 11.8.